The minimum atomic E-state index is -2.73. The van der Waals surface area contributed by atoms with Crippen molar-refractivity contribution in [1.29, 1.82) is 0 Å². The molecule has 3 atom stereocenters. The van der Waals surface area contributed by atoms with Crippen LogP contribution in [0.3, 0.4) is 0 Å². The second-order valence-corrected chi connectivity index (χ2v) is 8.37. The number of alkyl halides is 2. The standard InChI is InChI=1S/C23H21F3N2O/c1-13-12-28(22(29)23(2,3)21(25)26)20-17-11-27-10-15(19(17)18(13)20)7-4-14-5-8-16(24)9-6-14/h5-6,8-11,13,18,20-21H,12H2,1-3H3/t13-,18?,20+/m0/s1. The first-order chi connectivity index (χ1) is 13.7. The summed E-state index contributed by atoms with van der Waals surface area (Å²) in [5.41, 5.74) is 1.65. The van der Waals surface area contributed by atoms with Crippen molar-refractivity contribution in [1.82, 2.24) is 9.88 Å². The molecule has 0 radical (unpaired) electrons. The molecule has 0 N–H and O–H groups in total. The minimum Gasteiger partial charge on any atom is -0.334 e. The molecular formula is C23H21F3N2O. The van der Waals surface area contributed by atoms with E-state index in [1.807, 2.05) is 6.92 Å². The Labute approximate surface area is 167 Å². The SMILES string of the molecule is C[C@H]1CN(C(=O)C(C)(C)C(F)F)[C@@H]2c3cncc(C#Cc4ccc(F)cc4)c3C21. The second-order valence-electron chi connectivity index (χ2n) is 8.37. The number of pyridine rings is 1. The normalized spacial score (nSPS) is 22.4. The molecule has 1 amide bonds. The van der Waals surface area contributed by atoms with Crippen molar-refractivity contribution in [2.24, 2.45) is 11.3 Å². The molecule has 1 unspecified atom stereocenters. The summed E-state index contributed by atoms with van der Waals surface area (Å²) in [5, 5.41) is 0. The van der Waals surface area contributed by atoms with Gasteiger partial charge in [-0.1, -0.05) is 18.8 Å². The van der Waals surface area contributed by atoms with Crippen LogP contribution in [0.15, 0.2) is 36.7 Å². The molecule has 2 aliphatic rings. The number of likely N-dealkylation sites (tertiary alicyclic amines) is 1. The second kappa shape index (κ2) is 6.91. The van der Waals surface area contributed by atoms with E-state index in [-0.39, 0.29) is 23.7 Å². The predicted octanol–water partition coefficient (Wildman–Crippen LogP) is 4.53. The maximum absolute atomic E-state index is 13.4. The molecule has 1 fully saturated rings. The highest BCUT2D eigenvalue weighted by atomic mass is 19.3. The van der Waals surface area contributed by atoms with Gasteiger partial charge in [0, 0.05) is 36.0 Å². The van der Waals surface area contributed by atoms with Gasteiger partial charge in [0.1, 0.15) is 11.2 Å². The number of hydrogen-bond donors (Lipinski definition) is 0. The summed E-state index contributed by atoms with van der Waals surface area (Å²) in [6, 6.07) is 5.70. The topological polar surface area (TPSA) is 33.2 Å². The summed E-state index contributed by atoms with van der Waals surface area (Å²) in [4.78, 5) is 18.7. The number of aromatic nitrogens is 1. The van der Waals surface area contributed by atoms with Crippen molar-refractivity contribution in [3.63, 3.8) is 0 Å². The van der Waals surface area contributed by atoms with Gasteiger partial charge >= 0.3 is 0 Å². The Morgan fingerprint density at radius 3 is 2.55 bits per heavy atom. The molecule has 1 aromatic heterocycles. The van der Waals surface area contributed by atoms with Gasteiger partial charge in [-0.2, -0.15) is 0 Å². The van der Waals surface area contributed by atoms with Gasteiger partial charge < -0.3 is 4.90 Å². The predicted molar refractivity (Wildman–Crippen MR) is 103 cm³/mol. The first-order valence-electron chi connectivity index (χ1n) is 9.56. The van der Waals surface area contributed by atoms with Gasteiger partial charge in [-0.25, -0.2) is 13.2 Å². The Morgan fingerprint density at radius 1 is 1.21 bits per heavy atom. The highest BCUT2D eigenvalue weighted by Gasteiger charge is 2.55. The van der Waals surface area contributed by atoms with E-state index in [0.29, 0.717) is 12.1 Å². The lowest BCUT2D eigenvalue weighted by Gasteiger charge is -2.42. The van der Waals surface area contributed by atoms with Gasteiger partial charge in [0.25, 0.3) is 6.43 Å². The average molecular weight is 398 g/mol. The molecule has 0 saturated carbocycles. The number of nitrogens with zero attached hydrogens (tertiary/aromatic N) is 2. The van der Waals surface area contributed by atoms with E-state index < -0.39 is 17.7 Å². The first kappa shape index (κ1) is 19.5. The van der Waals surface area contributed by atoms with Crippen LogP contribution in [0.25, 0.3) is 0 Å². The lowest BCUT2D eigenvalue weighted by atomic mass is 9.68. The summed E-state index contributed by atoms with van der Waals surface area (Å²) in [5.74, 6) is 5.48. The van der Waals surface area contributed by atoms with Crippen molar-refractivity contribution in [3.8, 4) is 11.8 Å². The van der Waals surface area contributed by atoms with Crippen molar-refractivity contribution >= 4 is 5.91 Å². The summed E-state index contributed by atoms with van der Waals surface area (Å²) in [6.45, 7) is 5.05. The van der Waals surface area contributed by atoms with Crippen LogP contribution < -0.4 is 0 Å². The van der Waals surface area contributed by atoms with Gasteiger partial charge in [-0.15, -0.1) is 0 Å². The molecule has 150 valence electrons. The molecule has 4 rings (SSSR count). The fourth-order valence-electron chi connectivity index (χ4n) is 4.29. The van der Waals surface area contributed by atoms with Gasteiger partial charge in [-0.3, -0.25) is 9.78 Å². The Hall–Kier alpha value is -2.81. The Kier molecular flexibility index (Phi) is 4.65. The summed E-state index contributed by atoms with van der Waals surface area (Å²) < 4.78 is 39.9. The lowest BCUT2D eigenvalue weighted by Crippen LogP contribution is -2.46. The molecule has 6 heteroatoms. The van der Waals surface area contributed by atoms with Crippen LogP contribution in [0.2, 0.25) is 0 Å². The molecule has 1 saturated heterocycles. The zero-order valence-electron chi connectivity index (χ0n) is 16.4. The number of fused-ring (bicyclic) bond motifs is 4. The number of benzene rings is 1. The number of carbonyl (C=O) groups excluding carboxylic acids is 1. The van der Waals surface area contributed by atoms with Crippen molar-refractivity contribution in [2.75, 3.05) is 6.54 Å². The molecule has 1 aliphatic carbocycles. The van der Waals surface area contributed by atoms with Crippen LogP contribution in [0.4, 0.5) is 13.2 Å². The highest BCUT2D eigenvalue weighted by molar-refractivity contribution is 5.84. The van der Waals surface area contributed by atoms with Crippen molar-refractivity contribution in [3.05, 3.63) is 64.7 Å². The molecule has 3 nitrogen and oxygen atoms in total. The van der Waals surface area contributed by atoms with Gasteiger partial charge in [0.15, 0.2) is 0 Å². The van der Waals surface area contributed by atoms with E-state index in [4.69, 9.17) is 0 Å². The van der Waals surface area contributed by atoms with Crippen LogP contribution in [0.1, 0.15) is 55.0 Å². The maximum atomic E-state index is 13.4. The van der Waals surface area contributed by atoms with E-state index in [2.05, 4.69) is 16.8 Å². The Bertz CT molecular complexity index is 1020. The monoisotopic (exact) mass is 398 g/mol. The van der Waals surface area contributed by atoms with Crippen molar-refractivity contribution in [2.45, 2.75) is 39.2 Å². The highest BCUT2D eigenvalue weighted by Crippen LogP contribution is 2.58. The Morgan fingerprint density at radius 2 is 1.90 bits per heavy atom. The van der Waals surface area contributed by atoms with E-state index in [1.165, 1.54) is 26.0 Å². The smallest absolute Gasteiger partial charge is 0.252 e. The number of carbonyl (C=O) groups is 1. The first-order valence-corrected chi connectivity index (χ1v) is 9.56. The molecule has 0 spiro atoms. The zero-order chi connectivity index (χ0) is 20.9. The number of halogens is 3. The largest absolute Gasteiger partial charge is 0.334 e. The number of rotatable bonds is 2. The molecule has 1 aliphatic heterocycles. The van der Waals surface area contributed by atoms with Gasteiger partial charge in [0.2, 0.25) is 5.91 Å². The van der Waals surface area contributed by atoms with Crippen molar-refractivity contribution < 1.29 is 18.0 Å². The number of amides is 1. The summed E-state index contributed by atoms with van der Waals surface area (Å²) in [6.07, 6.45) is 0.661. The quantitative estimate of drug-likeness (QED) is 0.697. The minimum absolute atomic E-state index is 0.0583. The third-order valence-corrected chi connectivity index (χ3v) is 5.99. The van der Waals surface area contributed by atoms with E-state index in [0.717, 1.165) is 16.7 Å². The average Bonchev–Trinajstić information content (AvgIpc) is 2.95. The fourth-order valence-corrected chi connectivity index (χ4v) is 4.29. The molecule has 2 heterocycles. The molecular weight excluding hydrogens is 377 g/mol. The lowest BCUT2D eigenvalue weighted by molar-refractivity contribution is -0.150. The van der Waals surface area contributed by atoms with Crippen LogP contribution in [0.5, 0.6) is 0 Å². The zero-order valence-corrected chi connectivity index (χ0v) is 16.4. The number of hydrogen-bond acceptors (Lipinski definition) is 2. The van der Waals surface area contributed by atoms with Crippen LogP contribution in [0, 0.1) is 29.0 Å². The van der Waals surface area contributed by atoms with E-state index >= 15 is 0 Å². The fraction of sp³-hybridized carbons (Fsp3) is 0.391. The summed E-state index contributed by atoms with van der Waals surface area (Å²) >= 11 is 0. The van der Waals surface area contributed by atoms with Crippen LogP contribution >= 0.6 is 0 Å². The van der Waals surface area contributed by atoms with Gasteiger partial charge in [-0.05, 0) is 55.2 Å². The molecule has 2 aromatic rings. The molecule has 1 aromatic carbocycles. The van der Waals surface area contributed by atoms with E-state index in [1.54, 1.807) is 29.4 Å². The van der Waals surface area contributed by atoms with Crippen LogP contribution in [-0.4, -0.2) is 28.8 Å². The Balaban J connectivity index is 1.67. The maximum Gasteiger partial charge on any atom is 0.252 e. The summed E-state index contributed by atoms with van der Waals surface area (Å²) in [7, 11) is 0. The van der Waals surface area contributed by atoms with Gasteiger partial charge in [0.05, 0.1) is 6.04 Å². The third kappa shape index (κ3) is 3.09. The van der Waals surface area contributed by atoms with E-state index in [9.17, 15) is 18.0 Å². The van der Waals surface area contributed by atoms with Crippen LogP contribution in [-0.2, 0) is 4.79 Å². The molecule has 0 bridgehead atoms. The third-order valence-electron chi connectivity index (χ3n) is 5.99. The molecule has 29 heavy (non-hydrogen) atoms.